The van der Waals surface area contributed by atoms with Gasteiger partial charge < -0.3 is 14.6 Å². The highest BCUT2D eigenvalue weighted by Gasteiger charge is 2.27. The van der Waals surface area contributed by atoms with Crippen molar-refractivity contribution in [2.45, 2.75) is 57.7 Å². The van der Waals surface area contributed by atoms with Gasteiger partial charge in [-0.15, -0.1) is 10.2 Å². The quantitative estimate of drug-likeness (QED) is 0.898. The van der Waals surface area contributed by atoms with E-state index in [9.17, 15) is 0 Å². The first-order valence-electron chi connectivity index (χ1n) is 10.4. The number of ether oxygens (including phenoxy) is 1. The van der Waals surface area contributed by atoms with Crippen molar-refractivity contribution in [2.75, 3.05) is 26.7 Å². The second-order valence-corrected chi connectivity index (χ2v) is 8.17. The van der Waals surface area contributed by atoms with E-state index in [4.69, 9.17) is 4.74 Å². The maximum atomic E-state index is 5.70. The molecule has 27 heavy (non-hydrogen) atoms. The molecule has 1 aromatic carbocycles. The summed E-state index contributed by atoms with van der Waals surface area (Å²) in [5.41, 5.74) is 4.29. The van der Waals surface area contributed by atoms with E-state index in [2.05, 4.69) is 37.1 Å². The summed E-state index contributed by atoms with van der Waals surface area (Å²) < 4.78 is 8.07. The Labute approximate surface area is 160 Å². The van der Waals surface area contributed by atoms with Crippen LogP contribution >= 0.6 is 0 Å². The third kappa shape index (κ3) is 3.25. The summed E-state index contributed by atoms with van der Waals surface area (Å²) in [5.74, 6) is 3.86. The number of benzene rings is 1. The van der Waals surface area contributed by atoms with Crippen molar-refractivity contribution < 1.29 is 4.74 Å². The molecule has 6 nitrogen and oxygen atoms in total. The van der Waals surface area contributed by atoms with Crippen LogP contribution in [0.2, 0.25) is 0 Å². The zero-order valence-electron chi connectivity index (χ0n) is 16.2. The number of nitrogens with one attached hydrogen (secondary N) is 1. The number of methoxy groups -OCH3 is 1. The molecule has 1 unspecified atom stereocenters. The van der Waals surface area contributed by atoms with Crippen LogP contribution in [0, 0.1) is 0 Å². The predicted molar refractivity (Wildman–Crippen MR) is 104 cm³/mol. The first-order chi connectivity index (χ1) is 13.3. The van der Waals surface area contributed by atoms with Gasteiger partial charge in [-0.2, -0.15) is 0 Å². The van der Waals surface area contributed by atoms with Crippen molar-refractivity contribution in [3.8, 4) is 5.75 Å². The lowest BCUT2D eigenvalue weighted by atomic mass is 9.98. The largest absolute Gasteiger partial charge is 0.496 e. The molecule has 3 aliphatic rings. The second kappa shape index (κ2) is 7.24. The van der Waals surface area contributed by atoms with E-state index >= 15 is 0 Å². The predicted octanol–water partition coefficient (Wildman–Crippen LogP) is 2.26. The molecule has 1 fully saturated rings. The zero-order chi connectivity index (χ0) is 18.2. The van der Waals surface area contributed by atoms with Gasteiger partial charge >= 0.3 is 0 Å². The standard InChI is InChI=1S/C21H29N5O/c1-27-19-11-16-5-2-4-15(16)10-18(19)13-25-8-9-26-20(14-25)23-24-21(26)17-6-3-7-22-12-17/h10-11,17,22H,2-9,12-14H2,1H3. The molecule has 2 aliphatic heterocycles. The molecule has 1 atom stereocenters. The molecule has 0 spiro atoms. The number of fused-ring (bicyclic) bond motifs is 2. The molecular weight excluding hydrogens is 338 g/mol. The molecule has 5 rings (SSSR count). The number of nitrogens with zero attached hydrogens (tertiary/aromatic N) is 4. The normalized spacial score (nSPS) is 22.5. The van der Waals surface area contributed by atoms with Crippen molar-refractivity contribution in [1.82, 2.24) is 25.0 Å². The van der Waals surface area contributed by atoms with Crippen LogP contribution in [0.1, 0.15) is 53.5 Å². The van der Waals surface area contributed by atoms with E-state index in [0.29, 0.717) is 5.92 Å². The fourth-order valence-corrected chi connectivity index (χ4v) is 4.95. The average molecular weight is 367 g/mol. The molecule has 1 aliphatic carbocycles. The lowest BCUT2D eigenvalue weighted by molar-refractivity contribution is 0.203. The Balaban J connectivity index is 1.33. The monoisotopic (exact) mass is 367 g/mol. The summed E-state index contributed by atoms with van der Waals surface area (Å²) in [6, 6.07) is 4.64. The third-order valence-corrected chi connectivity index (χ3v) is 6.41. The summed E-state index contributed by atoms with van der Waals surface area (Å²) >= 11 is 0. The van der Waals surface area contributed by atoms with Crippen LogP contribution in [0.4, 0.5) is 0 Å². The minimum atomic E-state index is 0.517. The summed E-state index contributed by atoms with van der Waals surface area (Å²) in [7, 11) is 1.79. The molecule has 144 valence electrons. The van der Waals surface area contributed by atoms with Crippen molar-refractivity contribution >= 4 is 0 Å². The van der Waals surface area contributed by atoms with Gasteiger partial charge in [0.25, 0.3) is 0 Å². The van der Waals surface area contributed by atoms with Gasteiger partial charge in [-0.05, 0) is 55.8 Å². The number of piperidine rings is 1. The van der Waals surface area contributed by atoms with Gasteiger partial charge in [0.05, 0.1) is 13.7 Å². The van der Waals surface area contributed by atoms with E-state index in [-0.39, 0.29) is 0 Å². The topological polar surface area (TPSA) is 55.2 Å². The van der Waals surface area contributed by atoms with E-state index in [0.717, 1.165) is 50.8 Å². The number of hydrogen-bond acceptors (Lipinski definition) is 5. The molecule has 1 saturated heterocycles. The van der Waals surface area contributed by atoms with Gasteiger partial charge in [-0.25, -0.2) is 0 Å². The molecular formula is C21H29N5O. The van der Waals surface area contributed by atoms with E-state index < -0.39 is 0 Å². The van der Waals surface area contributed by atoms with Gasteiger partial charge in [-0.1, -0.05) is 6.07 Å². The minimum Gasteiger partial charge on any atom is -0.496 e. The maximum Gasteiger partial charge on any atom is 0.147 e. The smallest absolute Gasteiger partial charge is 0.147 e. The van der Waals surface area contributed by atoms with Crippen LogP contribution in [0.3, 0.4) is 0 Å². The lowest BCUT2D eigenvalue weighted by Gasteiger charge is -2.30. The molecule has 0 saturated carbocycles. The van der Waals surface area contributed by atoms with Gasteiger partial charge in [0.2, 0.25) is 0 Å². The molecule has 3 heterocycles. The Morgan fingerprint density at radius 2 is 2.04 bits per heavy atom. The fraction of sp³-hybridized carbons (Fsp3) is 0.619. The molecule has 6 heteroatoms. The number of aromatic nitrogens is 3. The van der Waals surface area contributed by atoms with Crippen LogP contribution in [0.5, 0.6) is 5.75 Å². The molecule has 0 radical (unpaired) electrons. The van der Waals surface area contributed by atoms with Gasteiger partial charge in [0.1, 0.15) is 17.4 Å². The summed E-state index contributed by atoms with van der Waals surface area (Å²) in [5, 5.41) is 12.6. The van der Waals surface area contributed by atoms with Crippen LogP contribution in [0.15, 0.2) is 12.1 Å². The third-order valence-electron chi connectivity index (χ3n) is 6.41. The maximum absolute atomic E-state index is 5.70. The Kier molecular flexibility index (Phi) is 4.61. The van der Waals surface area contributed by atoms with Crippen molar-refractivity contribution in [2.24, 2.45) is 0 Å². The van der Waals surface area contributed by atoms with Crippen LogP contribution < -0.4 is 10.1 Å². The van der Waals surface area contributed by atoms with Crippen molar-refractivity contribution in [3.05, 3.63) is 40.5 Å². The first kappa shape index (κ1) is 17.2. The molecule has 1 aromatic heterocycles. The highest BCUT2D eigenvalue weighted by molar-refractivity contribution is 5.44. The van der Waals surface area contributed by atoms with E-state index in [1.54, 1.807) is 7.11 Å². The van der Waals surface area contributed by atoms with Gasteiger partial charge in [0, 0.05) is 37.7 Å². The summed E-state index contributed by atoms with van der Waals surface area (Å²) in [6.45, 7) is 5.99. The average Bonchev–Trinajstić information content (AvgIpc) is 3.34. The SMILES string of the molecule is COc1cc2c(cc1CN1CCn3c(nnc3C3CCCNC3)C1)CCC2. The second-order valence-electron chi connectivity index (χ2n) is 8.17. The minimum absolute atomic E-state index is 0.517. The highest BCUT2D eigenvalue weighted by Crippen LogP contribution is 2.31. The number of rotatable bonds is 4. The Morgan fingerprint density at radius 1 is 1.15 bits per heavy atom. The molecule has 1 N–H and O–H groups in total. The molecule has 2 aromatic rings. The van der Waals surface area contributed by atoms with Crippen LogP contribution in [0.25, 0.3) is 0 Å². The summed E-state index contributed by atoms with van der Waals surface area (Å²) in [4.78, 5) is 2.48. The lowest BCUT2D eigenvalue weighted by Crippen LogP contribution is -2.36. The van der Waals surface area contributed by atoms with Crippen LogP contribution in [-0.2, 0) is 32.5 Å². The van der Waals surface area contributed by atoms with Gasteiger partial charge in [-0.3, -0.25) is 4.90 Å². The van der Waals surface area contributed by atoms with Crippen molar-refractivity contribution in [1.29, 1.82) is 0 Å². The van der Waals surface area contributed by atoms with Gasteiger partial charge in [0.15, 0.2) is 0 Å². The van der Waals surface area contributed by atoms with E-state index in [1.807, 2.05) is 0 Å². The zero-order valence-corrected chi connectivity index (χ0v) is 16.2. The summed E-state index contributed by atoms with van der Waals surface area (Å²) in [6.07, 6.45) is 6.13. The Hall–Kier alpha value is -1.92. The number of aryl methyl sites for hydroxylation is 2. The van der Waals surface area contributed by atoms with Crippen LogP contribution in [-0.4, -0.2) is 46.4 Å². The Morgan fingerprint density at radius 3 is 2.85 bits per heavy atom. The number of hydrogen-bond donors (Lipinski definition) is 1. The Bertz CT molecular complexity index is 824. The van der Waals surface area contributed by atoms with E-state index in [1.165, 1.54) is 54.6 Å². The first-order valence-corrected chi connectivity index (χ1v) is 10.4. The van der Waals surface area contributed by atoms with Crippen molar-refractivity contribution in [3.63, 3.8) is 0 Å². The molecule has 0 amide bonds. The molecule has 0 bridgehead atoms. The fourth-order valence-electron chi connectivity index (χ4n) is 4.95. The highest BCUT2D eigenvalue weighted by atomic mass is 16.5.